The second-order valence-electron chi connectivity index (χ2n) is 9.38. The van der Waals surface area contributed by atoms with Crippen LogP contribution in [0, 0.1) is 11.3 Å². The summed E-state index contributed by atoms with van der Waals surface area (Å²) in [6, 6.07) is 0.547. The predicted molar refractivity (Wildman–Crippen MR) is 126 cm³/mol. The van der Waals surface area contributed by atoms with Crippen molar-refractivity contribution < 1.29 is 4.79 Å². The molecule has 2 saturated carbocycles. The van der Waals surface area contributed by atoms with Crippen molar-refractivity contribution in [3.63, 3.8) is 0 Å². The molecule has 1 amide bonds. The van der Waals surface area contributed by atoms with E-state index < -0.39 is 0 Å². The molecule has 6 nitrogen and oxygen atoms in total. The third-order valence-corrected chi connectivity index (χ3v) is 6.76. The van der Waals surface area contributed by atoms with Gasteiger partial charge in [0.2, 0.25) is 5.91 Å². The molecule has 1 saturated heterocycles. The summed E-state index contributed by atoms with van der Waals surface area (Å²) in [6.07, 6.45) is 8.46. The van der Waals surface area contributed by atoms with Crippen LogP contribution in [0.2, 0.25) is 0 Å². The second-order valence-corrected chi connectivity index (χ2v) is 9.38. The number of halogens is 1. The topological polar surface area (TPSA) is 60.0 Å². The highest BCUT2D eigenvalue weighted by atomic mass is 127. The number of carbonyl (C=O) groups is 1. The number of hydrogen-bond acceptors (Lipinski definition) is 3. The number of aliphatic imine (C=N–C) groups is 1. The molecule has 0 aromatic rings. The summed E-state index contributed by atoms with van der Waals surface area (Å²) in [4.78, 5) is 21.3. The molecule has 0 spiro atoms. The third-order valence-electron chi connectivity index (χ3n) is 6.76. The van der Waals surface area contributed by atoms with Crippen LogP contribution in [-0.4, -0.2) is 74.0 Å². The minimum absolute atomic E-state index is 0. The second kappa shape index (κ2) is 11.0. The van der Waals surface area contributed by atoms with Gasteiger partial charge in [-0.1, -0.05) is 20.3 Å². The van der Waals surface area contributed by atoms with Gasteiger partial charge in [0.1, 0.15) is 0 Å². The molecule has 28 heavy (non-hydrogen) atoms. The Labute approximate surface area is 188 Å². The molecule has 2 aliphatic carbocycles. The van der Waals surface area contributed by atoms with Gasteiger partial charge in [0.15, 0.2) is 5.96 Å². The van der Waals surface area contributed by atoms with E-state index in [9.17, 15) is 4.79 Å². The van der Waals surface area contributed by atoms with Crippen molar-refractivity contribution in [3.8, 4) is 0 Å². The highest BCUT2D eigenvalue weighted by Gasteiger charge is 2.31. The lowest BCUT2D eigenvalue weighted by molar-refractivity contribution is -0.139. The van der Waals surface area contributed by atoms with Crippen LogP contribution >= 0.6 is 24.0 Å². The Bertz CT molecular complexity index is 517. The molecule has 3 fully saturated rings. The quantitative estimate of drug-likeness (QED) is 0.343. The molecule has 0 atom stereocenters. The van der Waals surface area contributed by atoms with Crippen LogP contribution in [0.15, 0.2) is 4.99 Å². The van der Waals surface area contributed by atoms with Crippen molar-refractivity contribution in [2.45, 2.75) is 64.8 Å². The van der Waals surface area contributed by atoms with Crippen LogP contribution < -0.4 is 10.6 Å². The Kier molecular flexibility index (Phi) is 9.31. The van der Waals surface area contributed by atoms with Crippen LogP contribution in [0.5, 0.6) is 0 Å². The standard InChI is InChI=1S/C21H39N5O.HI/c1-21(2)9-7-18(8-10-21)24-20(22-3)23-11-12-25-13-15-26(16-14-25)19(27)17-5-4-6-17;/h17-18H,4-16H2,1-3H3,(H2,22,23,24);1H. The molecule has 2 N–H and O–H groups in total. The first-order valence-corrected chi connectivity index (χ1v) is 11.0. The van der Waals surface area contributed by atoms with Crippen molar-refractivity contribution in [2.24, 2.45) is 16.3 Å². The lowest BCUT2D eigenvalue weighted by atomic mass is 9.75. The fourth-order valence-corrected chi connectivity index (χ4v) is 4.37. The van der Waals surface area contributed by atoms with Crippen LogP contribution in [0.4, 0.5) is 0 Å². The maximum atomic E-state index is 12.3. The number of hydrogen-bond donors (Lipinski definition) is 2. The molecule has 1 heterocycles. The van der Waals surface area contributed by atoms with Crippen LogP contribution in [0.1, 0.15) is 58.8 Å². The van der Waals surface area contributed by atoms with Gasteiger partial charge in [0, 0.05) is 58.3 Å². The Morgan fingerprint density at radius 3 is 2.25 bits per heavy atom. The molecule has 3 aliphatic rings. The van der Waals surface area contributed by atoms with Gasteiger partial charge < -0.3 is 15.5 Å². The number of carbonyl (C=O) groups excluding carboxylic acids is 1. The van der Waals surface area contributed by atoms with Gasteiger partial charge in [-0.15, -0.1) is 24.0 Å². The number of guanidine groups is 1. The summed E-state index contributed by atoms with van der Waals surface area (Å²) >= 11 is 0. The summed E-state index contributed by atoms with van der Waals surface area (Å²) in [5, 5.41) is 7.07. The highest BCUT2D eigenvalue weighted by Crippen LogP contribution is 2.34. The fraction of sp³-hybridized carbons (Fsp3) is 0.905. The van der Waals surface area contributed by atoms with E-state index in [1.54, 1.807) is 0 Å². The van der Waals surface area contributed by atoms with Gasteiger partial charge in [-0.25, -0.2) is 0 Å². The number of nitrogens with zero attached hydrogens (tertiary/aromatic N) is 3. The first-order chi connectivity index (χ1) is 13.0. The SMILES string of the molecule is CN=C(NCCN1CCN(C(=O)C2CCC2)CC1)NC1CCC(C)(C)CC1.I. The molecule has 0 radical (unpaired) electrons. The largest absolute Gasteiger partial charge is 0.355 e. The summed E-state index contributed by atoms with van der Waals surface area (Å²) in [5.74, 6) is 1.66. The minimum atomic E-state index is 0. The van der Waals surface area contributed by atoms with E-state index in [1.165, 1.54) is 32.1 Å². The molecule has 0 aromatic heterocycles. The smallest absolute Gasteiger partial charge is 0.225 e. The van der Waals surface area contributed by atoms with E-state index in [0.717, 1.165) is 58.1 Å². The highest BCUT2D eigenvalue weighted by molar-refractivity contribution is 14.0. The predicted octanol–water partition coefficient (Wildman–Crippen LogP) is 2.68. The Morgan fingerprint density at radius 2 is 1.71 bits per heavy atom. The molecular weight excluding hydrogens is 465 g/mol. The molecule has 1 aliphatic heterocycles. The van der Waals surface area contributed by atoms with Gasteiger partial charge in [0.05, 0.1) is 0 Å². The molecular formula is C21H40IN5O. The molecule has 7 heteroatoms. The van der Waals surface area contributed by atoms with Crippen molar-refractivity contribution in [1.82, 2.24) is 20.4 Å². The summed E-state index contributed by atoms with van der Waals surface area (Å²) in [5.41, 5.74) is 0.497. The fourth-order valence-electron chi connectivity index (χ4n) is 4.37. The number of rotatable bonds is 5. The van der Waals surface area contributed by atoms with E-state index in [2.05, 4.69) is 39.3 Å². The van der Waals surface area contributed by atoms with Gasteiger partial charge in [0.25, 0.3) is 0 Å². The maximum absolute atomic E-state index is 12.3. The Hall–Kier alpha value is -0.570. The Morgan fingerprint density at radius 1 is 1.07 bits per heavy atom. The van der Waals surface area contributed by atoms with Crippen LogP contribution in [-0.2, 0) is 4.79 Å². The minimum Gasteiger partial charge on any atom is -0.355 e. The molecule has 0 unspecified atom stereocenters. The van der Waals surface area contributed by atoms with E-state index in [1.807, 2.05) is 7.05 Å². The lowest BCUT2D eigenvalue weighted by Crippen LogP contribution is -2.53. The zero-order chi connectivity index (χ0) is 19.3. The number of piperazine rings is 1. The third kappa shape index (κ3) is 6.75. The summed E-state index contributed by atoms with van der Waals surface area (Å²) in [6.45, 7) is 10.4. The lowest BCUT2D eigenvalue weighted by Gasteiger charge is -2.38. The van der Waals surface area contributed by atoms with Gasteiger partial charge in [-0.2, -0.15) is 0 Å². The monoisotopic (exact) mass is 505 g/mol. The zero-order valence-corrected chi connectivity index (χ0v) is 20.3. The van der Waals surface area contributed by atoms with Crippen LogP contribution in [0.3, 0.4) is 0 Å². The van der Waals surface area contributed by atoms with Crippen molar-refractivity contribution >= 4 is 35.8 Å². The van der Waals surface area contributed by atoms with Crippen molar-refractivity contribution in [3.05, 3.63) is 0 Å². The Balaban J connectivity index is 0.00000280. The van der Waals surface area contributed by atoms with Crippen molar-refractivity contribution in [2.75, 3.05) is 46.3 Å². The van der Waals surface area contributed by atoms with Gasteiger partial charge in [-0.3, -0.25) is 14.7 Å². The maximum Gasteiger partial charge on any atom is 0.225 e. The number of nitrogens with one attached hydrogen (secondary N) is 2. The summed E-state index contributed by atoms with van der Waals surface area (Å²) in [7, 11) is 1.85. The van der Waals surface area contributed by atoms with Gasteiger partial charge >= 0.3 is 0 Å². The first-order valence-electron chi connectivity index (χ1n) is 11.0. The average Bonchev–Trinajstić information content (AvgIpc) is 2.61. The molecule has 0 bridgehead atoms. The molecule has 0 aromatic carbocycles. The van der Waals surface area contributed by atoms with E-state index in [-0.39, 0.29) is 24.0 Å². The van der Waals surface area contributed by atoms with E-state index in [4.69, 9.17) is 0 Å². The summed E-state index contributed by atoms with van der Waals surface area (Å²) < 4.78 is 0. The number of amides is 1. The average molecular weight is 505 g/mol. The van der Waals surface area contributed by atoms with Gasteiger partial charge in [-0.05, 0) is 43.9 Å². The van der Waals surface area contributed by atoms with Crippen LogP contribution in [0.25, 0.3) is 0 Å². The molecule has 162 valence electrons. The zero-order valence-electron chi connectivity index (χ0n) is 18.0. The first kappa shape index (κ1) is 23.7. The van der Waals surface area contributed by atoms with Crippen molar-refractivity contribution in [1.29, 1.82) is 0 Å². The molecule has 3 rings (SSSR count). The van der Waals surface area contributed by atoms with E-state index in [0.29, 0.717) is 23.3 Å². The van der Waals surface area contributed by atoms with E-state index >= 15 is 0 Å². The normalized spacial score (nSPS) is 24.2.